The highest BCUT2D eigenvalue weighted by Gasteiger charge is 2.51. The third-order valence-electron chi connectivity index (χ3n) is 4.33. The zero-order chi connectivity index (χ0) is 15.0. The molecule has 2 aliphatic heterocycles. The van der Waals surface area contributed by atoms with Gasteiger partial charge in [0.2, 0.25) is 5.91 Å². The SMILES string of the molecule is CC(C)N1CC(C(=O)N(C(C)C)C(F)F)C2OCCC21. The summed E-state index contributed by atoms with van der Waals surface area (Å²) in [6.45, 7) is 5.74. The Kier molecular flexibility index (Phi) is 4.64. The Labute approximate surface area is 119 Å². The van der Waals surface area contributed by atoms with Crippen molar-refractivity contribution >= 4 is 5.91 Å². The number of fused-ring (bicyclic) bond motifs is 1. The standard InChI is InChI=1S/C14H24F2N2O2/c1-8(2)17-7-10(12-11(17)5-6-20-12)13(19)18(9(3)4)14(15)16/h8-12,14H,5-7H2,1-4H3. The monoisotopic (exact) mass is 290 g/mol. The zero-order valence-electron chi connectivity index (χ0n) is 12.6. The van der Waals surface area contributed by atoms with Gasteiger partial charge >= 0.3 is 6.55 Å². The van der Waals surface area contributed by atoms with Crippen LogP contribution in [0.2, 0.25) is 0 Å². The molecule has 3 unspecified atom stereocenters. The van der Waals surface area contributed by atoms with Gasteiger partial charge in [0, 0.05) is 31.3 Å². The Hall–Kier alpha value is -0.750. The number of alkyl halides is 2. The van der Waals surface area contributed by atoms with E-state index in [4.69, 9.17) is 4.74 Å². The molecule has 0 spiro atoms. The van der Waals surface area contributed by atoms with Gasteiger partial charge in [-0.3, -0.25) is 14.6 Å². The zero-order valence-corrected chi connectivity index (χ0v) is 12.6. The predicted molar refractivity (Wildman–Crippen MR) is 71.5 cm³/mol. The lowest BCUT2D eigenvalue weighted by molar-refractivity contribution is -0.155. The fourth-order valence-electron chi connectivity index (χ4n) is 3.39. The number of hydrogen-bond acceptors (Lipinski definition) is 3. The molecule has 0 N–H and O–H groups in total. The predicted octanol–water partition coefficient (Wildman–Crippen LogP) is 1.94. The summed E-state index contributed by atoms with van der Waals surface area (Å²) in [6, 6.07) is -0.0212. The maximum absolute atomic E-state index is 13.1. The van der Waals surface area contributed by atoms with Crippen molar-refractivity contribution in [1.82, 2.24) is 9.80 Å². The number of hydrogen-bond donors (Lipinski definition) is 0. The first-order valence-corrected chi connectivity index (χ1v) is 7.32. The van der Waals surface area contributed by atoms with Crippen LogP contribution in [-0.2, 0) is 9.53 Å². The van der Waals surface area contributed by atoms with Gasteiger partial charge in [-0.25, -0.2) is 0 Å². The molecule has 0 bridgehead atoms. The van der Waals surface area contributed by atoms with Gasteiger partial charge in [-0.1, -0.05) is 0 Å². The van der Waals surface area contributed by atoms with Gasteiger partial charge in [0.25, 0.3) is 0 Å². The fraction of sp³-hybridized carbons (Fsp3) is 0.929. The van der Waals surface area contributed by atoms with E-state index in [9.17, 15) is 13.6 Å². The third-order valence-corrected chi connectivity index (χ3v) is 4.33. The highest BCUT2D eigenvalue weighted by molar-refractivity contribution is 5.80. The summed E-state index contributed by atoms with van der Waals surface area (Å²) >= 11 is 0. The number of nitrogens with zero attached hydrogens (tertiary/aromatic N) is 2. The first-order valence-electron chi connectivity index (χ1n) is 7.32. The molecule has 2 aliphatic rings. The molecule has 1 amide bonds. The van der Waals surface area contributed by atoms with E-state index < -0.39 is 24.4 Å². The minimum atomic E-state index is -2.75. The average Bonchev–Trinajstić information content (AvgIpc) is 2.86. The highest BCUT2D eigenvalue weighted by atomic mass is 19.3. The lowest BCUT2D eigenvalue weighted by Gasteiger charge is -2.29. The first-order chi connectivity index (χ1) is 9.34. The van der Waals surface area contributed by atoms with Crippen molar-refractivity contribution in [2.75, 3.05) is 13.2 Å². The molecule has 2 rings (SSSR count). The second kappa shape index (κ2) is 5.93. The van der Waals surface area contributed by atoms with Crippen LogP contribution < -0.4 is 0 Å². The molecule has 3 atom stereocenters. The third kappa shape index (κ3) is 2.68. The number of carbonyl (C=O) groups excluding carboxylic acids is 1. The Morgan fingerprint density at radius 3 is 2.45 bits per heavy atom. The second-order valence-corrected chi connectivity index (χ2v) is 6.21. The maximum atomic E-state index is 13.1. The highest BCUT2D eigenvalue weighted by Crippen LogP contribution is 2.36. The largest absolute Gasteiger partial charge is 0.376 e. The van der Waals surface area contributed by atoms with Gasteiger partial charge in [0.1, 0.15) is 0 Å². The molecule has 0 radical (unpaired) electrons. The Balaban J connectivity index is 2.17. The van der Waals surface area contributed by atoms with Crippen LogP contribution in [0.5, 0.6) is 0 Å². The van der Waals surface area contributed by atoms with Gasteiger partial charge in [0.05, 0.1) is 12.0 Å². The molecule has 4 nitrogen and oxygen atoms in total. The minimum absolute atomic E-state index is 0.190. The molecule has 0 aromatic rings. The van der Waals surface area contributed by atoms with Crippen molar-refractivity contribution in [3.05, 3.63) is 0 Å². The topological polar surface area (TPSA) is 32.8 Å². The van der Waals surface area contributed by atoms with E-state index in [2.05, 4.69) is 18.7 Å². The number of likely N-dealkylation sites (tertiary alicyclic amines) is 1. The van der Waals surface area contributed by atoms with E-state index in [1.807, 2.05) is 0 Å². The molecular weight excluding hydrogens is 266 g/mol. The number of rotatable bonds is 4. The average molecular weight is 290 g/mol. The van der Waals surface area contributed by atoms with E-state index in [-0.39, 0.29) is 12.1 Å². The Morgan fingerprint density at radius 1 is 1.30 bits per heavy atom. The fourth-order valence-corrected chi connectivity index (χ4v) is 3.39. The molecule has 0 aromatic heterocycles. The normalized spacial score (nSPS) is 30.6. The van der Waals surface area contributed by atoms with Crippen molar-refractivity contribution in [2.24, 2.45) is 5.92 Å². The van der Waals surface area contributed by atoms with Crippen LogP contribution in [0.25, 0.3) is 0 Å². The van der Waals surface area contributed by atoms with Crippen LogP contribution in [-0.4, -0.2) is 59.6 Å². The van der Waals surface area contributed by atoms with Gasteiger partial charge < -0.3 is 4.74 Å². The van der Waals surface area contributed by atoms with Crippen LogP contribution >= 0.6 is 0 Å². The lowest BCUT2D eigenvalue weighted by Crippen LogP contribution is -2.47. The van der Waals surface area contributed by atoms with Crippen molar-refractivity contribution in [3.63, 3.8) is 0 Å². The number of ether oxygens (including phenoxy) is 1. The summed E-state index contributed by atoms with van der Waals surface area (Å²) in [6.07, 6.45) is 0.646. The number of amides is 1. The number of carbonyl (C=O) groups is 1. The Morgan fingerprint density at radius 2 is 1.95 bits per heavy atom. The lowest BCUT2D eigenvalue weighted by atomic mass is 10.00. The van der Waals surface area contributed by atoms with Crippen molar-refractivity contribution < 1.29 is 18.3 Å². The Bertz CT molecular complexity index is 355. The van der Waals surface area contributed by atoms with E-state index in [1.165, 1.54) is 0 Å². The maximum Gasteiger partial charge on any atom is 0.317 e. The molecule has 20 heavy (non-hydrogen) atoms. The van der Waals surface area contributed by atoms with E-state index >= 15 is 0 Å². The molecule has 0 aliphatic carbocycles. The summed E-state index contributed by atoms with van der Waals surface area (Å²) in [4.78, 5) is 15.4. The smallest absolute Gasteiger partial charge is 0.317 e. The van der Waals surface area contributed by atoms with Crippen LogP contribution in [0.15, 0.2) is 0 Å². The van der Waals surface area contributed by atoms with Crippen LogP contribution in [0.3, 0.4) is 0 Å². The molecule has 6 heteroatoms. The van der Waals surface area contributed by atoms with Crippen LogP contribution in [0, 0.1) is 5.92 Å². The summed E-state index contributed by atoms with van der Waals surface area (Å²) in [5.74, 6) is -0.948. The number of halogens is 2. The summed E-state index contributed by atoms with van der Waals surface area (Å²) in [7, 11) is 0. The first kappa shape index (κ1) is 15.6. The van der Waals surface area contributed by atoms with Gasteiger partial charge in [0.15, 0.2) is 0 Å². The van der Waals surface area contributed by atoms with E-state index in [0.29, 0.717) is 24.1 Å². The van der Waals surface area contributed by atoms with Gasteiger partial charge in [-0.2, -0.15) is 8.78 Å². The quantitative estimate of drug-likeness (QED) is 0.742. The van der Waals surface area contributed by atoms with Crippen LogP contribution in [0.1, 0.15) is 34.1 Å². The summed E-state index contributed by atoms with van der Waals surface area (Å²) < 4.78 is 31.9. The molecule has 2 fully saturated rings. The van der Waals surface area contributed by atoms with Gasteiger partial charge in [-0.05, 0) is 34.1 Å². The summed E-state index contributed by atoms with van der Waals surface area (Å²) in [5, 5.41) is 0. The van der Waals surface area contributed by atoms with E-state index in [0.717, 1.165) is 6.42 Å². The van der Waals surface area contributed by atoms with Gasteiger partial charge in [-0.15, -0.1) is 0 Å². The van der Waals surface area contributed by atoms with Crippen LogP contribution in [0.4, 0.5) is 8.78 Å². The molecular formula is C14H24F2N2O2. The molecule has 2 saturated heterocycles. The van der Waals surface area contributed by atoms with E-state index in [1.54, 1.807) is 13.8 Å². The molecule has 116 valence electrons. The minimum Gasteiger partial charge on any atom is -0.376 e. The second-order valence-electron chi connectivity index (χ2n) is 6.21. The van der Waals surface area contributed by atoms with Crippen molar-refractivity contribution in [2.45, 2.75) is 64.9 Å². The molecule has 2 heterocycles. The molecule has 0 aromatic carbocycles. The van der Waals surface area contributed by atoms with Crippen molar-refractivity contribution in [1.29, 1.82) is 0 Å². The van der Waals surface area contributed by atoms with Crippen molar-refractivity contribution in [3.8, 4) is 0 Å². The summed E-state index contributed by atoms with van der Waals surface area (Å²) in [5.41, 5.74) is 0. The molecule has 0 saturated carbocycles.